The predicted molar refractivity (Wildman–Crippen MR) is 60.8 cm³/mol. The van der Waals surface area contributed by atoms with E-state index in [4.69, 9.17) is 0 Å². The fourth-order valence-corrected chi connectivity index (χ4v) is 2.97. The van der Waals surface area contributed by atoms with Crippen LogP contribution in [-0.2, 0) is 0 Å². The number of hydrogen-bond acceptors (Lipinski definition) is 2. The second-order valence-corrected chi connectivity index (χ2v) is 5.31. The number of nitrogens with one attached hydrogen (secondary N) is 2. The van der Waals surface area contributed by atoms with Crippen LogP contribution in [0.4, 0.5) is 13.2 Å². The highest BCUT2D eigenvalue weighted by atomic mass is 19.4. The molecule has 0 amide bonds. The van der Waals surface area contributed by atoms with E-state index in [2.05, 4.69) is 10.6 Å². The second-order valence-electron chi connectivity index (χ2n) is 5.31. The minimum Gasteiger partial charge on any atom is -0.315 e. The molecule has 2 nitrogen and oxygen atoms in total. The average Bonchev–Trinajstić information content (AvgIpc) is 2.29. The minimum absolute atomic E-state index is 0.0558. The monoisotopic (exact) mass is 250 g/mol. The number of alkyl halides is 3. The molecule has 1 saturated heterocycles. The van der Waals surface area contributed by atoms with Gasteiger partial charge in [0.1, 0.15) is 0 Å². The van der Waals surface area contributed by atoms with Crippen LogP contribution >= 0.6 is 0 Å². The summed E-state index contributed by atoms with van der Waals surface area (Å²) in [4.78, 5) is 0. The quantitative estimate of drug-likeness (QED) is 0.786. The summed E-state index contributed by atoms with van der Waals surface area (Å²) < 4.78 is 38.0. The molecule has 5 heteroatoms. The van der Waals surface area contributed by atoms with E-state index in [1.54, 1.807) is 0 Å². The van der Waals surface area contributed by atoms with Crippen molar-refractivity contribution in [3.8, 4) is 0 Å². The van der Waals surface area contributed by atoms with Crippen LogP contribution in [0, 0.1) is 5.92 Å². The Labute approximate surface area is 100 Å². The standard InChI is InChI=1S/C12H21F3N2/c13-12(14,15)9-3-1-4-10(7-9)17-11-5-2-6-16-8-11/h9-11,16-17H,1-8H2. The van der Waals surface area contributed by atoms with Crippen LogP contribution in [-0.4, -0.2) is 31.3 Å². The topological polar surface area (TPSA) is 24.1 Å². The summed E-state index contributed by atoms with van der Waals surface area (Å²) in [5, 5.41) is 6.68. The van der Waals surface area contributed by atoms with Crippen molar-refractivity contribution >= 4 is 0 Å². The Morgan fingerprint density at radius 3 is 2.41 bits per heavy atom. The first-order valence-corrected chi connectivity index (χ1v) is 6.59. The SMILES string of the molecule is FC(F)(F)C1CCCC(NC2CCCNC2)C1. The maximum absolute atomic E-state index is 12.7. The zero-order valence-electron chi connectivity index (χ0n) is 10.0. The lowest BCUT2D eigenvalue weighted by Crippen LogP contribution is -2.49. The van der Waals surface area contributed by atoms with Crippen molar-refractivity contribution in [3.05, 3.63) is 0 Å². The van der Waals surface area contributed by atoms with Gasteiger partial charge in [-0.3, -0.25) is 0 Å². The van der Waals surface area contributed by atoms with E-state index in [1.807, 2.05) is 0 Å². The largest absolute Gasteiger partial charge is 0.391 e. The van der Waals surface area contributed by atoms with Gasteiger partial charge in [0.2, 0.25) is 0 Å². The molecule has 1 saturated carbocycles. The molecule has 1 aliphatic carbocycles. The Morgan fingerprint density at radius 1 is 1.00 bits per heavy atom. The molecule has 2 aliphatic rings. The lowest BCUT2D eigenvalue weighted by Gasteiger charge is -2.35. The van der Waals surface area contributed by atoms with Crippen LogP contribution in [0.3, 0.4) is 0 Å². The van der Waals surface area contributed by atoms with Crippen molar-refractivity contribution in [2.75, 3.05) is 13.1 Å². The summed E-state index contributed by atoms with van der Waals surface area (Å²) in [6.45, 7) is 1.93. The van der Waals surface area contributed by atoms with Crippen molar-refractivity contribution in [2.24, 2.45) is 5.92 Å². The van der Waals surface area contributed by atoms with Gasteiger partial charge in [0.15, 0.2) is 0 Å². The van der Waals surface area contributed by atoms with E-state index in [0.29, 0.717) is 18.9 Å². The van der Waals surface area contributed by atoms with Gasteiger partial charge in [-0.1, -0.05) is 6.42 Å². The third-order valence-electron chi connectivity index (χ3n) is 3.91. The molecule has 2 N–H and O–H groups in total. The van der Waals surface area contributed by atoms with E-state index in [9.17, 15) is 13.2 Å². The third kappa shape index (κ3) is 3.85. The number of rotatable bonds is 2. The first kappa shape index (κ1) is 13.1. The normalized spacial score (nSPS) is 35.8. The Bertz CT molecular complexity index is 236. The second kappa shape index (κ2) is 5.57. The van der Waals surface area contributed by atoms with Crippen molar-refractivity contribution in [3.63, 3.8) is 0 Å². The Kier molecular flexibility index (Phi) is 4.31. The van der Waals surface area contributed by atoms with Crippen LogP contribution in [0.25, 0.3) is 0 Å². The predicted octanol–water partition coefficient (Wildman–Crippen LogP) is 2.45. The molecule has 0 bridgehead atoms. The lowest BCUT2D eigenvalue weighted by molar-refractivity contribution is -0.183. The van der Waals surface area contributed by atoms with Crippen LogP contribution in [0.2, 0.25) is 0 Å². The summed E-state index contributed by atoms with van der Waals surface area (Å²) in [6.07, 6.45) is 0.355. The zero-order valence-corrected chi connectivity index (χ0v) is 10.0. The molecule has 3 atom stereocenters. The fraction of sp³-hybridized carbons (Fsp3) is 1.00. The number of piperidine rings is 1. The maximum Gasteiger partial charge on any atom is 0.391 e. The van der Waals surface area contributed by atoms with Crippen LogP contribution in [0.5, 0.6) is 0 Å². The Balaban J connectivity index is 1.80. The molecule has 0 aromatic rings. The molecule has 100 valence electrons. The molecule has 0 aromatic heterocycles. The molecule has 2 rings (SSSR count). The highest BCUT2D eigenvalue weighted by Gasteiger charge is 2.42. The molecule has 1 aliphatic heterocycles. The third-order valence-corrected chi connectivity index (χ3v) is 3.91. The highest BCUT2D eigenvalue weighted by Crippen LogP contribution is 2.37. The molecular weight excluding hydrogens is 229 g/mol. The molecule has 0 radical (unpaired) electrons. The van der Waals surface area contributed by atoms with E-state index in [-0.39, 0.29) is 12.5 Å². The number of hydrogen-bond donors (Lipinski definition) is 2. The highest BCUT2D eigenvalue weighted by molar-refractivity contribution is 4.85. The molecule has 1 heterocycles. The van der Waals surface area contributed by atoms with Crippen LogP contribution < -0.4 is 10.6 Å². The molecular formula is C12H21F3N2. The maximum atomic E-state index is 12.7. The Morgan fingerprint density at radius 2 is 1.76 bits per heavy atom. The van der Waals surface area contributed by atoms with Gasteiger partial charge in [-0.05, 0) is 38.6 Å². The summed E-state index contributed by atoms with van der Waals surface area (Å²) >= 11 is 0. The van der Waals surface area contributed by atoms with Gasteiger partial charge >= 0.3 is 6.18 Å². The summed E-state index contributed by atoms with van der Waals surface area (Å²) in [5.74, 6) is -1.09. The lowest BCUT2D eigenvalue weighted by atomic mass is 9.84. The van der Waals surface area contributed by atoms with E-state index in [0.717, 1.165) is 32.4 Å². The van der Waals surface area contributed by atoms with Gasteiger partial charge in [0, 0.05) is 18.6 Å². The molecule has 2 fully saturated rings. The molecule has 0 aromatic carbocycles. The Hall–Kier alpha value is -0.290. The molecule has 17 heavy (non-hydrogen) atoms. The van der Waals surface area contributed by atoms with Crippen LogP contribution in [0.15, 0.2) is 0 Å². The first-order valence-electron chi connectivity index (χ1n) is 6.59. The summed E-state index contributed by atoms with van der Waals surface area (Å²) in [5.41, 5.74) is 0. The van der Waals surface area contributed by atoms with Crippen molar-refractivity contribution in [1.29, 1.82) is 0 Å². The zero-order chi connectivity index (χ0) is 12.3. The smallest absolute Gasteiger partial charge is 0.315 e. The van der Waals surface area contributed by atoms with Gasteiger partial charge in [-0.2, -0.15) is 13.2 Å². The van der Waals surface area contributed by atoms with E-state index in [1.165, 1.54) is 0 Å². The van der Waals surface area contributed by atoms with Gasteiger partial charge < -0.3 is 10.6 Å². The first-order chi connectivity index (χ1) is 8.05. The van der Waals surface area contributed by atoms with Crippen molar-refractivity contribution in [1.82, 2.24) is 10.6 Å². The van der Waals surface area contributed by atoms with Gasteiger partial charge in [0.05, 0.1) is 5.92 Å². The van der Waals surface area contributed by atoms with Gasteiger partial charge in [-0.15, -0.1) is 0 Å². The van der Waals surface area contributed by atoms with Crippen molar-refractivity contribution in [2.45, 2.75) is 56.8 Å². The molecule has 0 spiro atoms. The average molecular weight is 250 g/mol. The van der Waals surface area contributed by atoms with Gasteiger partial charge in [-0.25, -0.2) is 0 Å². The van der Waals surface area contributed by atoms with Gasteiger partial charge in [0.25, 0.3) is 0 Å². The van der Waals surface area contributed by atoms with E-state index < -0.39 is 12.1 Å². The number of halogens is 3. The van der Waals surface area contributed by atoms with Crippen LogP contribution in [0.1, 0.15) is 38.5 Å². The summed E-state index contributed by atoms with van der Waals surface area (Å²) in [7, 11) is 0. The molecule has 3 unspecified atom stereocenters. The van der Waals surface area contributed by atoms with E-state index >= 15 is 0 Å². The fourth-order valence-electron chi connectivity index (χ4n) is 2.97. The minimum atomic E-state index is -4.01. The summed E-state index contributed by atoms with van der Waals surface area (Å²) in [6, 6.07) is 0.418. The van der Waals surface area contributed by atoms with Crippen molar-refractivity contribution < 1.29 is 13.2 Å².